The van der Waals surface area contributed by atoms with Crippen molar-refractivity contribution in [1.29, 1.82) is 0 Å². The summed E-state index contributed by atoms with van der Waals surface area (Å²) < 4.78 is 5.84. The summed E-state index contributed by atoms with van der Waals surface area (Å²) in [5.74, 6) is 0.000640. The fraction of sp³-hybridized carbons (Fsp3) is 0.571. The van der Waals surface area contributed by atoms with Gasteiger partial charge in [-0.3, -0.25) is 4.79 Å². The second kappa shape index (κ2) is 11.8. The van der Waals surface area contributed by atoms with Crippen molar-refractivity contribution < 1.29 is 19.2 Å². The van der Waals surface area contributed by atoms with Crippen molar-refractivity contribution in [3.63, 3.8) is 0 Å². The Bertz CT molecular complexity index is 1170. The Morgan fingerprint density at radius 3 is 1.18 bits per heavy atom. The van der Waals surface area contributed by atoms with E-state index in [1.165, 1.54) is 0 Å². The van der Waals surface area contributed by atoms with E-state index in [1.807, 2.05) is 24.6 Å². The number of carbonyl (C=O) groups excluding carboxylic acids is 1. The second-order valence-corrected chi connectivity index (χ2v) is 16.7. The minimum absolute atomic E-state index is 0.140. The molecule has 0 atom stereocenters. The lowest BCUT2D eigenvalue weighted by atomic mass is 9.73. The zero-order valence-electron chi connectivity index (χ0n) is 27.4. The molecule has 0 aliphatic rings. The highest BCUT2D eigenvalue weighted by Gasteiger charge is 2.32. The monoisotopic (exact) mass is 569 g/mol. The first-order chi connectivity index (χ1) is 18.0. The normalized spacial score (nSPS) is 14.2. The van der Waals surface area contributed by atoms with Gasteiger partial charge in [-0.15, -0.1) is 0 Å². The van der Waals surface area contributed by atoms with Crippen molar-refractivity contribution in [2.45, 2.75) is 131 Å². The fourth-order valence-electron chi connectivity index (χ4n) is 4.97. The summed E-state index contributed by atoms with van der Waals surface area (Å²) >= 11 is 0. The van der Waals surface area contributed by atoms with Gasteiger partial charge in [-0.2, -0.15) is 10.7 Å². The Kier molecular flexibility index (Phi) is 10.0. The summed E-state index contributed by atoms with van der Waals surface area (Å²) in [5.41, 5.74) is 4.06. The van der Waals surface area contributed by atoms with Crippen LogP contribution in [0.2, 0.25) is 0 Å². The lowest BCUT2D eigenvalue weighted by Crippen LogP contribution is -2.21. The van der Waals surface area contributed by atoms with E-state index in [4.69, 9.17) is 4.18 Å². The highest BCUT2D eigenvalue weighted by molar-refractivity contribution is 7.89. The van der Waals surface area contributed by atoms with Crippen molar-refractivity contribution >= 4 is 27.1 Å². The predicted octanol–water partition coefficient (Wildman–Crippen LogP) is 8.53. The number of phenols is 2. The van der Waals surface area contributed by atoms with Crippen molar-refractivity contribution in [2.75, 3.05) is 0 Å². The SMILES string of the molecule is CC=[S-](=CC)OC(=O)CC(c1cc(C(C)(C)C)c(O)c(C(C)(C)C)c1)c1cc(C(C)(C)C)c(O)c(C(C)(C)C)c1. The van der Waals surface area contributed by atoms with Crippen LogP contribution in [0.25, 0.3) is 0 Å². The van der Waals surface area contributed by atoms with E-state index in [0.717, 1.165) is 33.4 Å². The molecule has 0 saturated carbocycles. The molecule has 2 aromatic carbocycles. The van der Waals surface area contributed by atoms with Crippen LogP contribution in [0, 0.1) is 0 Å². The number of aromatic hydroxyl groups is 2. The Morgan fingerprint density at radius 1 is 0.675 bits per heavy atom. The zero-order valence-corrected chi connectivity index (χ0v) is 28.2. The van der Waals surface area contributed by atoms with Gasteiger partial charge in [0.05, 0.1) is 6.42 Å². The molecule has 0 spiro atoms. The van der Waals surface area contributed by atoms with E-state index in [2.05, 4.69) is 107 Å². The molecule has 0 fully saturated rings. The molecule has 2 N–H and O–H groups in total. The first-order valence-electron chi connectivity index (χ1n) is 14.3. The summed E-state index contributed by atoms with van der Waals surface area (Å²) in [6, 6.07) is 8.22. The second-order valence-electron chi connectivity index (χ2n) is 14.9. The fourth-order valence-corrected chi connectivity index (χ4v) is 5.72. The lowest BCUT2D eigenvalue weighted by Gasteiger charge is -2.32. The molecule has 0 aromatic heterocycles. The first kappa shape index (κ1) is 33.8. The van der Waals surface area contributed by atoms with E-state index in [1.54, 1.807) is 0 Å². The van der Waals surface area contributed by atoms with Crippen LogP contribution in [0.1, 0.15) is 143 Å². The molecule has 0 saturated heterocycles. The molecule has 0 unspecified atom stereocenters. The molecule has 40 heavy (non-hydrogen) atoms. The quantitative estimate of drug-likeness (QED) is 0.280. The molecular formula is C35H53O4S-. The van der Waals surface area contributed by atoms with Gasteiger partial charge in [-0.1, -0.05) is 121 Å². The molecule has 0 heterocycles. The van der Waals surface area contributed by atoms with Gasteiger partial charge in [-0.25, -0.2) is 0 Å². The van der Waals surface area contributed by atoms with Gasteiger partial charge in [0.15, 0.2) is 0 Å². The van der Waals surface area contributed by atoms with Crippen LogP contribution in [0.5, 0.6) is 11.5 Å². The van der Waals surface area contributed by atoms with Gasteiger partial charge in [0.25, 0.3) is 5.97 Å². The van der Waals surface area contributed by atoms with Crippen molar-refractivity contribution in [3.05, 3.63) is 57.6 Å². The number of phenolic OH excluding ortho intramolecular Hbond substituents is 2. The van der Waals surface area contributed by atoms with Crippen LogP contribution in [0.15, 0.2) is 24.3 Å². The maximum atomic E-state index is 13.4. The molecule has 0 aliphatic heterocycles. The summed E-state index contributed by atoms with van der Waals surface area (Å²) in [7, 11) is -0.658. The Balaban J connectivity index is 3.02. The molecule has 2 rings (SSSR count). The molecule has 0 bridgehead atoms. The lowest BCUT2D eigenvalue weighted by molar-refractivity contribution is -0.133. The smallest absolute Gasteiger partial charge is 0.287 e. The summed E-state index contributed by atoms with van der Waals surface area (Å²) in [5, 5.41) is 26.6. The highest BCUT2D eigenvalue weighted by Crippen LogP contribution is 2.46. The molecule has 0 radical (unpaired) electrons. The van der Waals surface area contributed by atoms with Crippen LogP contribution in [0.3, 0.4) is 0 Å². The third-order valence-corrected chi connectivity index (χ3v) is 8.63. The minimum atomic E-state index is -0.658. The van der Waals surface area contributed by atoms with Gasteiger partial charge in [-0.05, 0) is 55.0 Å². The standard InChI is InChI=1S/C35H53O4S/c1-15-40(16-2)39-29(36)21-24(22-17-25(32(3,4)5)30(37)26(18-22)33(6,7)8)23-19-27(34(9,10)11)31(38)28(20-23)35(12,13)14/h15-20,24,37-38H,21H2,1-14H3/q-1. The largest absolute Gasteiger partial charge is 0.570 e. The molecule has 2 aromatic rings. The number of carbonyl (C=O) groups is 1. The van der Waals surface area contributed by atoms with Crippen LogP contribution < -0.4 is 0 Å². The number of benzene rings is 2. The average Bonchev–Trinajstić information content (AvgIpc) is 2.78. The summed E-state index contributed by atoms with van der Waals surface area (Å²) in [6.07, 6.45) is 0.140. The zero-order chi connectivity index (χ0) is 31.0. The minimum Gasteiger partial charge on any atom is -0.570 e. The van der Waals surface area contributed by atoms with Crippen molar-refractivity contribution in [3.8, 4) is 11.5 Å². The average molecular weight is 570 g/mol. The Hall–Kier alpha value is -2.40. The van der Waals surface area contributed by atoms with Gasteiger partial charge in [0.1, 0.15) is 11.5 Å². The predicted molar refractivity (Wildman–Crippen MR) is 174 cm³/mol. The Labute approximate surface area is 245 Å². The molecule has 0 amide bonds. The van der Waals surface area contributed by atoms with Gasteiger partial charge in [0, 0.05) is 5.92 Å². The molecular weight excluding hydrogens is 516 g/mol. The van der Waals surface area contributed by atoms with Gasteiger partial charge >= 0.3 is 0 Å². The van der Waals surface area contributed by atoms with E-state index in [0.29, 0.717) is 11.5 Å². The topological polar surface area (TPSA) is 66.8 Å². The molecule has 224 valence electrons. The summed E-state index contributed by atoms with van der Waals surface area (Å²) in [6.45, 7) is 28.9. The van der Waals surface area contributed by atoms with Crippen LogP contribution in [0.4, 0.5) is 0 Å². The Morgan fingerprint density at radius 2 is 0.950 bits per heavy atom. The van der Waals surface area contributed by atoms with Crippen LogP contribution >= 0.6 is 0 Å². The first-order valence-corrected chi connectivity index (χ1v) is 15.6. The van der Waals surface area contributed by atoms with Crippen LogP contribution in [-0.4, -0.2) is 26.9 Å². The number of hydrogen-bond acceptors (Lipinski definition) is 5. The third-order valence-electron chi connectivity index (χ3n) is 7.33. The van der Waals surface area contributed by atoms with E-state index < -0.39 is 10.4 Å². The molecule has 0 aliphatic carbocycles. The van der Waals surface area contributed by atoms with Crippen molar-refractivity contribution in [2.24, 2.45) is 0 Å². The molecule has 5 heteroatoms. The molecule has 4 nitrogen and oxygen atoms in total. The maximum absolute atomic E-state index is 13.4. The van der Waals surface area contributed by atoms with Gasteiger partial charge < -0.3 is 24.8 Å². The third kappa shape index (κ3) is 7.87. The van der Waals surface area contributed by atoms with E-state index in [9.17, 15) is 15.0 Å². The number of hydrogen-bond donors (Lipinski definition) is 2. The number of rotatable bonds is 5. The van der Waals surface area contributed by atoms with Gasteiger partial charge in [0.2, 0.25) is 0 Å². The van der Waals surface area contributed by atoms with Crippen molar-refractivity contribution in [1.82, 2.24) is 0 Å². The van der Waals surface area contributed by atoms with Crippen LogP contribution in [-0.2, 0) is 41.0 Å². The maximum Gasteiger partial charge on any atom is 0.287 e. The summed E-state index contributed by atoms with van der Waals surface area (Å²) in [4.78, 5) is 13.4. The highest BCUT2D eigenvalue weighted by atomic mass is 32.2. The van der Waals surface area contributed by atoms with E-state index in [-0.39, 0.29) is 40.0 Å². The van der Waals surface area contributed by atoms with E-state index >= 15 is 0 Å².